The van der Waals surface area contributed by atoms with Gasteiger partial charge in [0.25, 0.3) is 0 Å². The molecule has 0 unspecified atom stereocenters. The van der Waals surface area contributed by atoms with Crippen LogP contribution in [0.2, 0.25) is 0 Å². The van der Waals surface area contributed by atoms with E-state index in [-0.39, 0.29) is 17.7 Å². The average molecular weight is 359 g/mol. The Morgan fingerprint density at radius 1 is 1.31 bits per heavy atom. The van der Waals surface area contributed by atoms with E-state index < -0.39 is 0 Å². The van der Waals surface area contributed by atoms with Crippen molar-refractivity contribution in [1.82, 2.24) is 25.2 Å². The number of amides is 2. The highest BCUT2D eigenvalue weighted by atomic mass is 16.5. The van der Waals surface area contributed by atoms with Gasteiger partial charge in [0, 0.05) is 37.8 Å². The molecule has 8 heteroatoms. The quantitative estimate of drug-likeness (QED) is 0.796. The van der Waals surface area contributed by atoms with E-state index >= 15 is 0 Å². The average Bonchev–Trinajstić information content (AvgIpc) is 3.10. The number of aryl methyl sites for hydroxylation is 3. The van der Waals surface area contributed by atoms with Crippen LogP contribution in [-0.2, 0) is 22.6 Å². The van der Waals surface area contributed by atoms with Crippen LogP contribution in [0.1, 0.15) is 29.1 Å². The second kappa shape index (κ2) is 7.72. The van der Waals surface area contributed by atoms with E-state index in [1.807, 2.05) is 33.0 Å². The SMILES string of the molecule is Cc1ccn(CCNC(=O)C2CN(C(=O)CCc3c(C)noc3C)C2)n1. The highest BCUT2D eigenvalue weighted by molar-refractivity contribution is 5.84. The predicted octanol–water partition coefficient (Wildman–Crippen LogP) is 1.00. The molecule has 0 saturated carbocycles. The maximum Gasteiger partial charge on any atom is 0.226 e. The first kappa shape index (κ1) is 18.2. The largest absolute Gasteiger partial charge is 0.361 e. The third kappa shape index (κ3) is 4.12. The summed E-state index contributed by atoms with van der Waals surface area (Å²) in [4.78, 5) is 26.1. The van der Waals surface area contributed by atoms with Gasteiger partial charge in [-0.3, -0.25) is 14.3 Å². The summed E-state index contributed by atoms with van der Waals surface area (Å²) in [6.45, 7) is 7.84. The molecule has 140 valence electrons. The first-order valence-corrected chi connectivity index (χ1v) is 8.91. The second-order valence-electron chi connectivity index (χ2n) is 6.81. The van der Waals surface area contributed by atoms with Crippen molar-refractivity contribution >= 4 is 11.8 Å². The molecule has 1 fully saturated rings. The summed E-state index contributed by atoms with van der Waals surface area (Å²) >= 11 is 0. The Hall–Kier alpha value is -2.64. The Morgan fingerprint density at radius 2 is 2.08 bits per heavy atom. The van der Waals surface area contributed by atoms with Crippen molar-refractivity contribution in [3.05, 3.63) is 35.0 Å². The molecule has 0 radical (unpaired) electrons. The zero-order valence-corrected chi connectivity index (χ0v) is 15.5. The van der Waals surface area contributed by atoms with Crippen molar-refractivity contribution in [1.29, 1.82) is 0 Å². The van der Waals surface area contributed by atoms with Gasteiger partial charge in [-0.15, -0.1) is 0 Å². The molecule has 0 aliphatic carbocycles. The maximum atomic E-state index is 12.2. The number of likely N-dealkylation sites (tertiary alicyclic amines) is 1. The fourth-order valence-corrected chi connectivity index (χ4v) is 3.12. The predicted molar refractivity (Wildman–Crippen MR) is 94.3 cm³/mol. The number of nitrogens with zero attached hydrogens (tertiary/aromatic N) is 4. The highest BCUT2D eigenvalue weighted by Gasteiger charge is 2.35. The molecule has 1 aliphatic rings. The number of hydrogen-bond donors (Lipinski definition) is 1. The third-order valence-electron chi connectivity index (χ3n) is 4.79. The molecule has 0 spiro atoms. The van der Waals surface area contributed by atoms with Crippen molar-refractivity contribution in [3.63, 3.8) is 0 Å². The Bertz CT molecular complexity index is 769. The van der Waals surface area contributed by atoms with E-state index in [1.165, 1.54) is 0 Å². The van der Waals surface area contributed by atoms with Crippen LogP contribution in [0.25, 0.3) is 0 Å². The smallest absolute Gasteiger partial charge is 0.226 e. The summed E-state index contributed by atoms with van der Waals surface area (Å²) in [5, 5.41) is 11.1. The minimum atomic E-state index is -0.114. The molecule has 2 amide bonds. The highest BCUT2D eigenvalue weighted by Crippen LogP contribution is 2.19. The van der Waals surface area contributed by atoms with Gasteiger partial charge in [0.15, 0.2) is 0 Å². The number of hydrogen-bond acceptors (Lipinski definition) is 5. The molecule has 8 nitrogen and oxygen atoms in total. The van der Waals surface area contributed by atoms with Gasteiger partial charge in [-0.25, -0.2) is 0 Å². The molecule has 2 aromatic rings. The van der Waals surface area contributed by atoms with Gasteiger partial charge in [0.1, 0.15) is 5.76 Å². The molecule has 0 atom stereocenters. The lowest BCUT2D eigenvalue weighted by Gasteiger charge is -2.38. The molecule has 3 rings (SSSR count). The number of carbonyl (C=O) groups excluding carboxylic acids is 2. The van der Waals surface area contributed by atoms with E-state index in [0.717, 1.165) is 22.7 Å². The van der Waals surface area contributed by atoms with E-state index in [1.54, 1.807) is 9.58 Å². The van der Waals surface area contributed by atoms with Crippen LogP contribution in [0.4, 0.5) is 0 Å². The number of aromatic nitrogens is 3. The van der Waals surface area contributed by atoms with Crippen LogP contribution >= 0.6 is 0 Å². The normalized spacial score (nSPS) is 14.3. The minimum Gasteiger partial charge on any atom is -0.361 e. The van der Waals surface area contributed by atoms with Crippen LogP contribution in [0, 0.1) is 26.7 Å². The van der Waals surface area contributed by atoms with Gasteiger partial charge in [-0.05, 0) is 33.3 Å². The number of nitrogens with one attached hydrogen (secondary N) is 1. The zero-order valence-electron chi connectivity index (χ0n) is 15.5. The van der Waals surface area contributed by atoms with Gasteiger partial charge < -0.3 is 14.7 Å². The molecule has 0 bridgehead atoms. The molecule has 26 heavy (non-hydrogen) atoms. The van der Waals surface area contributed by atoms with Crippen LogP contribution < -0.4 is 5.32 Å². The van der Waals surface area contributed by atoms with Crippen LogP contribution in [0.3, 0.4) is 0 Å². The lowest BCUT2D eigenvalue weighted by molar-refractivity contribution is -0.142. The van der Waals surface area contributed by atoms with Crippen molar-refractivity contribution < 1.29 is 14.1 Å². The summed E-state index contributed by atoms with van der Waals surface area (Å²) in [5.41, 5.74) is 2.80. The van der Waals surface area contributed by atoms with Crippen LogP contribution in [-0.4, -0.2) is 51.3 Å². The third-order valence-corrected chi connectivity index (χ3v) is 4.79. The fraction of sp³-hybridized carbons (Fsp3) is 0.556. The van der Waals surface area contributed by atoms with Crippen molar-refractivity contribution in [2.24, 2.45) is 5.92 Å². The summed E-state index contributed by atoms with van der Waals surface area (Å²) in [5.74, 6) is 0.727. The van der Waals surface area contributed by atoms with Gasteiger partial charge in [0.05, 0.1) is 23.9 Å². The number of carbonyl (C=O) groups is 2. The molecule has 0 aromatic carbocycles. The fourth-order valence-electron chi connectivity index (χ4n) is 3.12. The molecule has 3 heterocycles. The summed E-state index contributed by atoms with van der Waals surface area (Å²) in [6.07, 6.45) is 2.93. The first-order valence-electron chi connectivity index (χ1n) is 8.91. The van der Waals surface area contributed by atoms with Crippen LogP contribution in [0.5, 0.6) is 0 Å². The van der Waals surface area contributed by atoms with Gasteiger partial charge in [0.2, 0.25) is 11.8 Å². The molecule has 1 N–H and O–H groups in total. The Labute approximate surface area is 152 Å². The first-order chi connectivity index (χ1) is 12.4. The lowest BCUT2D eigenvalue weighted by atomic mass is 9.97. The monoisotopic (exact) mass is 359 g/mol. The van der Waals surface area contributed by atoms with E-state index in [4.69, 9.17) is 4.52 Å². The van der Waals surface area contributed by atoms with Gasteiger partial charge >= 0.3 is 0 Å². The second-order valence-corrected chi connectivity index (χ2v) is 6.81. The standard InChI is InChI=1S/C18H25N5O3/c1-12-6-8-23(20-12)9-7-19-18(25)15-10-22(11-15)17(24)5-4-16-13(2)21-26-14(16)3/h6,8,15H,4-5,7,9-11H2,1-3H3,(H,19,25). The molecular weight excluding hydrogens is 334 g/mol. The summed E-state index contributed by atoms with van der Waals surface area (Å²) < 4.78 is 6.92. The Balaban J connectivity index is 1.35. The van der Waals surface area contributed by atoms with E-state index in [2.05, 4.69) is 15.6 Å². The van der Waals surface area contributed by atoms with Crippen LogP contribution in [0.15, 0.2) is 16.8 Å². The minimum absolute atomic E-state index is 0.00338. The van der Waals surface area contributed by atoms with E-state index in [9.17, 15) is 9.59 Å². The Kier molecular flexibility index (Phi) is 5.39. The lowest BCUT2D eigenvalue weighted by Crippen LogP contribution is -2.56. The zero-order chi connectivity index (χ0) is 18.7. The van der Waals surface area contributed by atoms with Crippen molar-refractivity contribution in [3.8, 4) is 0 Å². The van der Waals surface area contributed by atoms with Gasteiger partial charge in [-0.2, -0.15) is 5.10 Å². The molecule has 1 saturated heterocycles. The summed E-state index contributed by atoms with van der Waals surface area (Å²) in [6, 6.07) is 1.93. The van der Waals surface area contributed by atoms with Crippen molar-refractivity contribution in [2.45, 2.75) is 40.2 Å². The molecular formula is C18H25N5O3. The topological polar surface area (TPSA) is 93.3 Å². The van der Waals surface area contributed by atoms with E-state index in [0.29, 0.717) is 39.0 Å². The van der Waals surface area contributed by atoms with Gasteiger partial charge in [-0.1, -0.05) is 5.16 Å². The Morgan fingerprint density at radius 3 is 2.69 bits per heavy atom. The molecule has 1 aliphatic heterocycles. The summed E-state index contributed by atoms with van der Waals surface area (Å²) in [7, 11) is 0. The maximum absolute atomic E-state index is 12.2. The van der Waals surface area contributed by atoms with Crippen molar-refractivity contribution in [2.75, 3.05) is 19.6 Å². The number of rotatable bonds is 7. The molecule has 2 aromatic heterocycles.